The van der Waals surface area contributed by atoms with E-state index in [1.807, 2.05) is 45.9 Å². The maximum absolute atomic E-state index is 13.4. The zero-order valence-corrected chi connectivity index (χ0v) is 19.5. The van der Waals surface area contributed by atoms with Crippen LogP contribution in [-0.4, -0.2) is 31.2 Å². The van der Waals surface area contributed by atoms with Crippen molar-refractivity contribution in [2.24, 2.45) is 5.92 Å². The van der Waals surface area contributed by atoms with Crippen LogP contribution in [0.15, 0.2) is 52.1 Å². The fraction of sp³-hybridized carbons (Fsp3) is 0.360. The van der Waals surface area contributed by atoms with E-state index in [1.165, 1.54) is 13.6 Å². The maximum atomic E-state index is 13.4. The van der Waals surface area contributed by atoms with Crippen LogP contribution in [-0.2, 0) is 17.9 Å². The molecule has 0 bridgehead atoms. The molecule has 2 heterocycles. The van der Waals surface area contributed by atoms with E-state index >= 15 is 0 Å². The molecule has 2 aromatic carbocycles. The van der Waals surface area contributed by atoms with Crippen LogP contribution in [0.3, 0.4) is 0 Å². The van der Waals surface area contributed by atoms with Gasteiger partial charge in [0.05, 0.1) is 17.4 Å². The molecule has 0 saturated heterocycles. The molecular weight excluding hydrogens is 418 g/mol. The molecule has 1 N–H and O–H groups in total. The predicted octanol–water partition coefficient (Wildman–Crippen LogP) is 2.64. The summed E-state index contributed by atoms with van der Waals surface area (Å²) in [6.45, 7) is 9.05. The minimum atomic E-state index is -0.319. The first-order valence-corrected chi connectivity index (χ1v) is 11.2. The van der Waals surface area contributed by atoms with Gasteiger partial charge in [-0.15, -0.1) is 5.10 Å². The third-order valence-electron chi connectivity index (χ3n) is 5.78. The van der Waals surface area contributed by atoms with E-state index < -0.39 is 0 Å². The number of carbonyl (C=O) groups excluding carboxylic acids is 1. The molecule has 172 valence electrons. The zero-order valence-electron chi connectivity index (χ0n) is 19.5. The summed E-state index contributed by atoms with van der Waals surface area (Å²) < 4.78 is 4.28. The smallest absolute Gasteiger partial charge is 0.352 e. The Balaban J connectivity index is 1.81. The van der Waals surface area contributed by atoms with E-state index in [-0.39, 0.29) is 35.9 Å². The van der Waals surface area contributed by atoms with Gasteiger partial charge in [0.25, 0.3) is 5.56 Å². The zero-order chi connectivity index (χ0) is 23.7. The number of carbonyl (C=O) groups is 1. The first-order chi connectivity index (χ1) is 15.8. The number of hydrogen-bond acceptors (Lipinski definition) is 4. The average molecular weight is 448 g/mol. The van der Waals surface area contributed by atoms with E-state index in [1.54, 1.807) is 24.3 Å². The quantitative estimate of drug-likeness (QED) is 0.472. The van der Waals surface area contributed by atoms with E-state index in [4.69, 9.17) is 0 Å². The Morgan fingerprint density at radius 1 is 1.09 bits per heavy atom. The number of hydrogen-bond donors (Lipinski definition) is 1. The number of benzene rings is 2. The number of fused-ring (bicyclic) bond motifs is 3. The molecule has 0 unspecified atom stereocenters. The van der Waals surface area contributed by atoms with Crippen LogP contribution in [0, 0.1) is 19.8 Å². The van der Waals surface area contributed by atoms with Gasteiger partial charge in [-0.3, -0.25) is 14.2 Å². The van der Waals surface area contributed by atoms with Crippen LogP contribution in [0.5, 0.6) is 0 Å². The molecule has 0 fully saturated rings. The van der Waals surface area contributed by atoms with Crippen LogP contribution in [0.2, 0.25) is 0 Å². The minimum absolute atomic E-state index is 0.124. The number of rotatable bonds is 7. The molecule has 33 heavy (non-hydrogen) atoms. The van der Waals surface area contributed by atoms with Crippen molar-refractivity contribution in [3.63, 3.8) is 0 Å². The van der Waals surface area contributed by atoms with E-state index in [2.05, 4.69) is 10.4 Å². The second kappa shape index (κ2) is 9.05. The molecule has 0 radical (unpaired) electrons. The highest BCUT2D eigenvalue weighted by Gasteiger charge is 2.18. The molecule has 0 aliphatic heterocycles. The summed E-state index contributed by atoms with van der Waals surface area (Å²) in [5, 5.41) is 7.83. The predicted molar refractivity (Wildman–Crippen MR) is 129 cm³/mol. The van der Waals surface area contributed by atoms with Gasteiger partial charge in [-0.25, -0.2) is 13.9 Å². The van der Waals surface area contributed by atoms with Gasteiger partial charge in [-0.05, 0) is 43.0 Å². The van der Waals surface area contributed by atoms with Crippen LogP contribution in [0.1, 0.15) is 37.0 Å². The molecule has 2 aromatic heterocycles. The molecule has 0 spiro atoms. The number of nitrogens with zero attached hydrogens (tertiary/aromatic N) is 4. The number of nitrogens with one attached hydrogen (secondary N) is 1. The van der Waals surface area contributed by atoms with E-state index in [0.717, 1.165) is 16.7 Å². The number of aromatic nitrogens is 4. The summed E-state index contributed by atoms with van der Waals surface area (Å²) in [6, 6.07) is 13.1. The molecule has 0 aliphatic rings. The van der Waals surface area contributed by atoms with Gasteiger partial charge in [0, 0.05) is 19.5 Å². The van der Waals surface area contributed by atoms with Gasteiger partial charge in [-0.1, -0.05) is 49.7 Å². The van der Waals surface area contributed by atoms with E-state index in [0.29, 0.717) is 29.9 Å². The summed E-state index contributed by atoms with van der Waals surface area (Å²) in [7, 11) is 0. The van der Waals surface area contributed by atoms with Crippen LogP contribution < -0.4 is 16.6 Å². The Labute approximate surface area is 191 Å². The van der Waals surface area contributed by atoms with Crippen molar-refractivity contribution in [1.29, 1.82) is 0 Å². The fourth-order valence-electron chi connectivity index (χ4n) is 3.92. The Bertz CT molecular complexity index is 1460. The van der Waals surface area contributed by atoms with Crippen molar-refractivity contribution in [2.75, 3.05) is 6.54 Å². The topological polar surface area (TPSA) is 90.4 Å². The van der Waals surface area contributed by atoms with Crippen molar-refractivity contribution in [1.82, 2.24) is 24.1 Å². The third-order valence-corrected chi connectivity index (χ3v) is 5.78. The largest absolute Gasteiger partial charge is 0.356 e. The van der Waals surface area contributed by atoms with Gasteiger partial charge in [0.2, 0.25) is 11.7 Å². The molecule has 0 atom stereocenters. The minimum Gasteiger partial charge on any atom is -0.356 e. The highest BCUT2D eigenvalue weighted by atomic mass is 16.2. The summed E-state index contributed by atoms with van der Waals surface area (Å²) in [4.78, 5) is 39.0. The maximum Gasteiger partial charge on any atom is 0.352 e. The number of aryl methyl sites for hydroxylation is 3. The van der Waals surface area contributed by atoms with Crippen molar-refractivity contribution in [2.45, 2.75) is 47.2 Å². The Kier molecular flexibility index (Phi) is 6.18. The molecule has 4 rings (SSSR count). The summed E-state index contributed by atoms with van der Waals surface area (Å²) in [5.41, 5.74) is 3.08. The standard InChI is InChI=1S/C25H29N5O3/c1-16(2)14-26-22(31)11-12-28-23(32)20-7-5-6-8-21(20)30-24(28)27-29(25(30)33)15-19-13-17(3)9-10-18(19)4/h5-10,13,16H,11-12,14-15H2,1-4H3,(H,26,31). The Morgan fingerprint density at radius 2 is 1.85 bits per heavy atom. The van der Waals surface area contributed by atoms with Gasteiger partial charge < -0.3 is 5.32 Å². The molecule has 8 heteroatoms. The monoisotopic (exact) mass is 447 g/mol. The summed E-state index contributed by atoms with van der Waals surface area (Å²) in [5.74, 6) is 0.438. The van der Waals surface area contributed by atoms with Crippen molar-refractivity contribution in [3.8, 4) is 0 Å². The molecule has 8 nitrogen and oxygen atoms in total. The van der Waals surface area contributed by atoms with Crippen LogP contribution in [0.4, 0.5) is 0 Å². The highest BCUT2D eigenvalue weighted by Crippen LogP contribution is 2.14. The molecule has 4 aromatic rings. The van der Waals surface area contributed by atoms with Crippen molar-refractivity contribution >= 4 is 22.6 Å². The first kappa shape index (κ1) is 22.5. The van der Waals surface area contributed by atoms with Gasteiger partial charge in [0.15, 0.2) is 0 Å². The highest BCUT2D eigenvalue weighted by molar-refractivity contribution is 5.80. The van der Waals surface area contributed by atoms with Crippen molar-refractivity contribution < 1.29 is 4.79 Å². The fourth-order valence-corrected chi connectivity index (χ4v) is 3.92. The molecule has 0 saturated carbocycles. The molecule has 0 aliphatic carbocycles. The van der Waals surface area contributed by atoms with Crippen LogP contribution in [0.25, 0.3) is 16.7 Å². The normalized spacial score (nSPS) is 11.5. The Hall–Kier alpha value is -3.68. The number of para-hydroxylation sites is 1. The van der Waals surface area contributed by atoms with Crippen LogP contribution >= 0.6 is 0 Å². The lowest BCUT2D eigenvalue weighted by Gasteiger charge is -2.11. The number of amides is 1. The SMILES string of the molecule is Cc1ccc(C)c(Cn2nc3n(CCC(=O)NCC(C)C)c(=O)c4ccccc4n3c2=O)c1. The second-order valence-electron chi connectivity index (χ2n) is 8.93. The van der Waals surface area contributed by atoms with Gasteiger partial charge >= 0.3 is 5.69 Å². The lowest BCUT2D eigenvalue weighted by molar-refractivity contribution is -0.121. The first-order valence-electron chi connectivity index (χ1n) is 11.2. The molecular formula is C25H29N5O3. The third kappa shape index (κ3) is 4.46. The van der Waals surface area contributed by atoms with Gasteiger partial charge in [-0.2, -0.15) is 0 Å². The van der Waals surface area contributed by atoms with E-state index in [9.17, 15) is 14.4 Å². The second-order valence-corrected chi connectivity index (χ2v) is 8.93. The molecule has 1 amide bonds. The van der Waals surface area contributed by atoms with Crippen molar-refractivity contribution in [3.05, 3.63) is 80.0 Å². The lowest BCUT2D eigenvalue weighted by atomic mass is 10.1. The summed E-state index contributed by atoms with van der Waals surface area (Å²) in [6.07, 6.45) is 0.124. The lowest BCUT2D eigenvalue weighted by Crippen LogP contribution is -2.31. The Morgan fingerprint density at radius 3 is 2.61 bits per heavy atom. The average Bonchev–Trinajstić information content (AvgIpc) is 3.10. The summed E-state index contributed by atoms with van der Waals surface area (Å²) >= 11 is 0. The van der Waals surface area contributed by atoms with Gasteiger partial charge in [0.1, 0.15) is 0 Å².